The molecule has 2 aliphatic rings. The van der Waals surface area contributed by atoms with E-state index in [4.69, 9.17) is 27.3 Å². The van der Waals surface area contributed by atoms with Gasteiger partial charge in [-0.15, -0.1) is 0 Å². The van der Waals surface area contributed by atoms with E-state index >= 15 is 0 Å². The van der Waals surface area contributed by atoms with E-state index in [1.807, 2.05) is 44.4 Å². The number of hydrogen-bond donors (Lipinski definition) is 4. The van der Waals surface area contributed by atoms with Crippen LogP contribution in [0, 0.1) is 13.8 Å². The summed E-state index contributed by atoms with van der Waals surface area (Å²) in [7, 11) is 3.62. The fraction of sp³-hybridized carbons (Fsp3) is 0.333. The third-order valence-corrected chi connectivity index (χ3v) is 11.0. The van der Waals surface area contributed by atoms with E-state index in [1.165, 1.54) is 0 Å². The summed E-state index contributed by atoms with van der Waals surface area (Å²) in [6.07, 6.45) is 3.08. The van der Waals surface area contributed by atoms with Gasteiger partial charge in [0.25, 0.3) is 5.56 Å². The smallest absolute Gasteiger partial charge is 0.264 e. The summed E-state index contributed by atoms with van der Waals surface area (Å²) in [5, 5.41) is 9.59. The minimum atomic E-state index is -0.410. The van der Waals surface area contributed by atoms with E-state index in [1.54, 1.807) is 11.5 Å². The van der Waals surface area contributed by atoms with Crippen LogP contribution in [0.3, 0.4) is 0 Å². The van der Waals surface area contributed by atoms with Crippen molar-refractivity contribution >= 4 is 30.0 Å². The quantitative estimate of drug-likeness (QED) is 0.129. The van der Waals surface area contributed by atoms with Crippen LogP contribution in [-0.2, 0) is 17.9 Å². The Morgan fingerprint density at radius 2 is 1.72 bits per heavy atom. The molecular formula is C39H43N7O3S. The highest BCUT2D eigenvalue weighted by Gasteiger charge is 2.38. The lowest BCUT2D eigenvalue weighted by molar-refractivity contribution is -0.119. The molecule has 0 spiro atoms. The van der Waals surface area contributed by atoms with Crippen molar-refractivity contribution < 1.29 is 9.53 Å². The molecule has 1 fully saturated rings. The molecule has 2 aromatic carbocycles. The number of anilines is 1. The summed E-state index contributed by atoms with van der Waals surface area (Å²) in [5.41, 5.74) is 10.2. The van der Waals surface area contributed by atoms with Crippen molar-refractivity contribution in [3.63, 3.8) is 0 Å². The van der Waals surface area contributed by atoms with Crippen molar-refractivity contribution in [3.8, 4) is 39.4 Å². The molecule has 0 radical (unpaired) electrons. The number of hydrogen-bond acceptors (Lipinski definition) is 9. The molecule has 3 N–H and O–H groups in total. The number of ether oxygens (including phenoxy) is 1. The normalized spacial score (nSPS) is 18.1. The number of carbonyl (C=O) groups is 1. The molecule has 0 unspecified atom stereocenters. The summed E-state index contributed by atoms with van der Waals surface area (Å²) in [5.74, 6) is 1.34. The molecule has 11 heteroatoms. The van der Waals surface area contributed by atoms with Crippen LogP contribution in [0.4, 0.5) is 5.82 Å². The lowest BCUT2D eigenvalue weighted by Gasteiger charge is -2.31. The minimum absolute atomic E-state index is 0.0374. The first kappa shape index (κ1) is 33.8. The zero-order valence-electron chi connectivity index (χ0n) is 29.1. The van der Waals surface area contributed by atoms with Gasteiger partial charge in [-0.1, -0.05) is 42.5 Å². The van der Waals surface area contributed by atoms with Crippen molar-refractivity contribution in [3.05, 3.63) is 99.5 Å². The Kier molecular flexibility index (Phi) is 9.15. The monoisotopic (exact) mass is 689 g/mol. The van der Waals surface area contributed by atoms with Gasteiger partial charge in [-0.05, 0) is 78.8 Å². The first-order valence-corrected chi connectivity index (χ1v) is 17.5. The lowest BCUT2D eigenvalue weighted by Crippen LogP contribution is -2.52. The maximum Gasteiger partial charge on any atom is 0.264 e. The maximum atomic E-state index is 13.4. The zero-order valence-corrected chi connectivity index (χ0v) is 30.0. The molecule has 5 heterocycles. The van der Waals surface area contributed by atoms with Crippen molar-refractivity contribution in [2.45, 2.75) is 57.6 Å². The summed E-state index contributed by atoms with van der Waals surface area (Å²) >= 11 is 4.76. The van der Waals surface area contributed by atoms with Gasteiger partial charge in [-0.2, -0.15) is 12.6 Å². The van der Waals surface area contributed by atoms with Gasteiger partial charge in [0, 0.05) is 57.0 Å². The fourth-order valence-electron chi connectivity index (χ4n) is 7.20. The van der Waals surface area contributed by atoms with Gasteiger partial charge < -0.3 is 20.3 Å². The third-order valence-electron chi connectivity index (χ3n) is 10.3. The standard InChI is InChI=1S/C39H43N7O3S/c1-23-27(25-15-18-46-33(20-25)43-35-31(37(46)48)22-40-17-19-45(35)4)8-6-9-28(23)29-10-7-11-30(24(29)2)32-13-12-26(36(42-32)49-5)21-41-38(50)39(3)16-14-34(47)44-39/h6-13,15,18,20,38,40-41,50H,14,16-17,19,21-22H2,1-5H3,(H,44,47)/t38-,39-/m0/s1. The van der Waals surface area contributed by atoms with E-state index in [9.17, 15) is 9.59 Å². The molecule has 3 aromatic heterocycles. The molecule has 1 amide bonds. The topological polar surface area (TPSA) is 113 Å². The highest BCUT2D eigenvalue weighted by atomic mass is 32.1. The van der Waals surface area contributed by atoms with Gasteiger partial charge in [0.2, 0.25) is 11.8 Å². The predicted octanol–water partition coefficient (Wildman–Crippen LogP) is 5.27. The molecule has 50 heavy (non-hydrogen) atoms. The fourth-order valence-corrected chi connectivity index (χ4v) is 7.48. The number of nitrogens with zero attached hydrogens (tertiary/aromatic N) is 4. The highest BCUT2D eigenvalue weighted by molar-refractivity contribution is 7.81. The Morgan fingerprint density at radius 3 is 2.44 bits per heavy atom. The summed E-state index contributed by atoms with van der Waals surface area (Å²) in [6.45, 7) is 8.89. The van der Waals surface area contributed by atoms with Crippen molar-refractivity contribution in [1.29, 1.82) is 0 Å². The Labute approximate surface area is 297 Å². The summed E-state index contributed by atoms with van der Waals surface area (Å²) in [4.78, 5) is 37.2. The van der Waals surface area contributed by atoms with Gasteiger partial charge in [-0.3, -0.25) is 19.3 Å². The van der Waals surface area contributed by atoms with Crippen molar-refractivity contribution in [2.75, 3.05) is 32.1 Å². The van der Waals surface area contributed by atoms with E-state index < -0.39 is 5.54 Å². The Balaban J connectivity index is 1.19. The van der Waals surface area contributed by atoms with E-state index in [2.05, 4.69) is 71.1 Å². The van der Waals surface area contributed by atoms with Gasteiger partial charge >= 0.3 is 0 Å². The van der Waals surface area contributed by atoms with Crippen LogP contribution in [0.15, 0.2) is 71.7 Å². The van der Waals surface area contributed by atoms with Crippen molar-refractivity contribution in [2.24, 2.45) is 0 Å². The third kappa shape index (κ3) is 6.14. The average Bonchev–Trinajstić information content (AvgIpc) is 3.37. The molecule has 1 saturated heterocycles. The first-order chi connectivity index (χ1) is 24.1. The number of fused-ring (bicyclic) bond motifs is 2. The highest BCUT2D eigenvalue weighted by Crippen LogP contribution is 2.37. The van der Waals surface area contributed by atoms with Crippen LogP contribution in [0.2, 0.25) is 0 Å². The zero-order chi connectivity index (χ0) is 35.2. The molecule has 2 aliphatic heterocycles. The van der Waals surface area contributed by atoms with Crippen LogP contribution in [0.1, 0.15) is 42.0 Å². The first-order valence-electron chi connectivity index (χ1n) is 17.0. The molecule has 7 rings (SSSR count). The molecule has 0 bridgehead atoms. The van der Waals surface area contributed by atoms with Crippen LogP contribution >= 0.6 is 12.6 Å². The average molecular weight is 690 g/mol. The Morgan fingerprint density at radius 1 is 1.00 bits per heavy atom. The molecule has 10 nitrogen and oxygen atoms in total. The predicted molar refractivity (Wildman–Crippen MR) is 202 cm³/mol. The van der Waals surface area contributed by atoms with Gasteiger partial charge in [0.1, 0.15) is 11.5 Å². The number of amides is 1. The van der Waals surface area contributed by atoms with Crippen molar-refractivity contribution in [1.82, 2.24) is 30.3 Å². The van der Waals surface area contributed by atoms with Gasteiger partial charge in [0.05, 0.1) is 29.3 Å². The largest absolute Gasteiger partial charge is 0.481 e. The van der Waals surface area contributed by atoms with Crippen LogP contribution < -0.4 is 31.1 Å². The van der Waals surface area contributed by atoms with E-state index in [0.29, 0.717) is 36.6 Å². The second-order valence-corrected chi connectivity index (χ2v) is 14.0. The minimum Gasteiger partial charge on any atom is -0.481 e. The van der Waals surface area contributed by atoms with Crippen LogP contribution in [0.25, 0.3) is 39.2 Å². The number of methoxy groups -OCH3 is 1. The number of aromatic nitrogens is 3. The van der Waals surface area contributed by atoms with E-state index in [0.717, 1.165) is 75.5 Å². The van der Waals surface area contributed by atoms with E-state index in [-0.39, 0.29) is 16.8 Å². The molecule has 258 valence electrons. The summed E-state index contributed by atoms with van der Waals surface area (Å²) < 4.78 is 7.39. The number of carbonyl (C=O) groups excluding carboxylic acids is 1. The second kappa shape index (κ2) is 13.5. The van der Waals surface area contributed by atoms with Gasteiger partial charge in [0.15, 0.2) is 0 Å². The SMILES string of the molecule is COc1nc(-c2cccc(-c3cccc(-c4ccn5c(=O)c6c(nc5c4)N(C)CCNC6)c3C)c2C)ccc1CN[C@@H](S)[C@]1(C)CCC(=O)N1. The maximum absolute atomic E-state index is 13.4. The Hall–Kier alpha value is -4.71. The van der Waals surface area contributed by atoms with Crippen LogP contribution in [0.5, 0.6) is 5.88 Å². The number of benzene rings is 2. The number of nitrogens with one attached hydrogen (secondary N) is 3. The second-order valence-electron chi connectivity index (χ2n) is 13.5. The number of pyridine rings is 2. The number of rotatable bonds is 8. The molecule has 0 saturated carbocycles. The molecule has 0 aliphatic carbocycles. The molecule has 2 atom stereocenters. The molecular weight excluding hydrogens is 647 g/mol. The Bertz CT molecular complexity index is 2180. The lowest BCUT2D eigenvalue weighted by atomic mass is 9.89. The number of likely N-dealkylation sites (N-methyl/N-ethyl adjacent to an activating group) is 1. The summed E-state index contributed by atoms with van der Waals surface area (Å²) in [6, 6.07) is 20.7. The molecule has 5 aromatic rings. The van der Waals surface area contributed by atoms with Gasteiger partial charge in [-0.25, -0.2) is 9.97 Å². The van der Waals surface area contributed by atoms with Crippen LogP contribution in [-0.4, -0.2) is 58.4 Å². The number of thiol groups is 1.